The van der Waals surface area contributed by atoms with Crippen LogP contribution in [0.4, 0.5) is 0 Å². The van der Waals surface area contributed by atoms with E-state index in [1.807, 2.05) is 0 Å². The van der Waals surface area contributed by atoms with Gasteiger partial charge in [-0.1, -0.05) is 63.2 Å². The highest BCUT2D eigenvalue weighted by atomic mass is 14.2. The van der Waals surface area contributed by atoms with Crippen LogP contribution in [0, 0.1) is 13.8 Å². The minimum absolute atomic E-state index is 0.200. The zero-order valence-electron chi connectivity index (χ0n) is 12.0. The normalized spacial score (nSPS) is 11.6. The molecule has 0 saturated heterocycles. The molecule has 18 heavy (non-hydrogen) atoms. The summed E-state index contributed by atoms with van der Waals surface area (Å²) in [5.74, 6) is 0. The Labute approximate surface area is 111 Å². The predicted molar refractivity (Wildman–Crippen MR) is 80.1 cm³/mol. The van der Waals surface area contributed by atoms with Gasteiger partial charge in [0.15, 0.2) is 0 Å². The van der Waals surface area contributed by atoms with Gasteiger partial charge in [-0.2, -0.15) is 0 Å². The smallest absolute Gasteiger partial charge is 0.0132 e. The van der Waals surface area contributed by atoms with E-state index in [1.54, 1.807) is 0 Å². The fourth-order valence-electron chi connectivity index (χ4n) is 2.25. The Kier molecular flexibility index (Phi) is 3.30. The van der Waals surface area contributed by atoms with Crippen LogP contribution in [-0.4, -0.2) is 0 Å². The standard InChI is InChI=1S/C18H22/c1-13-8-6-7-9-16(13)17-12-15(18(3,4)5)11-10-14(17)2/h6-12H,1-5H3. The van der Waals surface area contributed by atoms with Crippen molar-refractivity contribution in [3.8, 4) is 11.1 Å². The molecular formula is C18H22. The third kappa shape index (κ3) is 2.48. The van der Waals surface area contributed by atoms with E-state index >= 15 is 0 Å². The maximum atomic E-state index is 2.34. The van der Waals surface area contributed by atoms with Gasteiger partial charge in [0.05, 0.1) is 0 Å². The molecule has 0 saturated carbocycles. The first kappa shape index (κ1) is 12.9. The van der Waals surface area contributed by atoms with Crippen LogP contribution in [-0.2, 0) is 5.41 Å². The highest BCUT2D eigenvalue weighted by molar-refractivity contribution is 5.71. The SMILES string of the molecule is Cc1ccccc1-c1cc(C(C)(C)C)ccc1C. The molecule has 0 amide bonds. The molecule has 0 fully saturated rings. The summed E-state index contributed by atoms with van der Waals surface area (Å²) >= 11 is 0. The number of rotatable bonds is 1. The number of hydrogen-bond acceptors (Lipinski definition) is 0. The summed E-state index contributed by atoms with van der Waals surface area (Å²) in [5.41, 5.74) is 6.99. The highest BCUT2D eigenvalue weighted by Crippen LogP contribution is 2.31. The van der Waals surface area contributed by atoms with Crippen LogP contribution in [0.1, 0.15) is 37.5 Å². The number of benzene rings is 2. The Balaban J connectivity index is 2.61. The molecule has 2 aromatic carbocycles. The second-order valence-corrected chi connectivity index (χ2v) is 6.09. The van der Waals surface area contributed by atoms with Gasteiger partial charge in [-0.15, -0.1) is 0 Å². The molecule has 0 unspecified atom stereocenters. The first-order chi connectivity index (χ1) is 8.39. The lowest BCUT2D eigenvalue weighted by Crippen LogP contribution is -2.11. The summed E-state index contributed by atoms with van der Waals surface area (Å²) in [6.07, 6.45) is 0. The molecule has 0 heterocycles. The third-order valence-corrected chi connectivity index (χ3v) is 3.54. The summed E-state index contributed by atoms with van der Waals surface area (Å²) in [6.45, 7) is 11.2. The van der Waals surface area contributed by atoms with Crippen molar-refractivity contribution in [1.29, 1.82) is 0 Å². The van der Waals surface area contributed by atoms with E-state index in [0.29, 0.717) is 0 Å². The van der Waals surface area contributed by atoms with E-state index in [-0.39, 0.29) is 5.41 Å². The molecule has 0 atom stereocenters. The summed E-state index contributed by atoms with van der Waals surface area (Å²) in [6, 6.07) is 15.4. The number of hydrogen-bond donors (Lipinski definition) is 0. The maximum Gasteiger partial charge on any atom is -0.0132 e. The van der Waals surface area contributed by atoms with Crippen molar-refractivity contribution < 1.29 is 0 Å². The Morgan fingerprint density at radius 1 is 0.722 bits per heavy atom. The van der Waals surface area contributed by atoms with Crippen LogP contribution in [0.3, 0.4) is 0 Å². The average molecular weight is 238 g/mol. The monoisotopic (exact) mass is 238 g/mol. The molecule has 0 aromatic heterocycles. The topological polar surface area (TPSA) is 0 Å². The second kappa shape index (κ2) is 4.61. The second-order valence-electron chi connectivity index (χ2n) is 6.09. The first-order valence-electron chi connectivity index (χ1n) is 6.57. The van der Waals surface area contributed by atoms with Gasteiger partial charge in [0, 0.05) is 0 Å². The first-order valence-corrected chi connectivity index (χ1v) is 6.57. The lowest BCUT2D eigenvalue weighted by Gasteiger charge is -2.21. The molecule has 2 aromatic rings. The van der Waals surface area contributed by atoms with Crippen LogP contribution >= 0.6 is 0 Å². The molecule has 0 spiro atoms. The molecule has 2 rings (SSSR count). The van der Waals surface area contributed by atoms with Gasteiger partial charge in [0.1, 0.15) is 0 Å². The Morgan fingerprint density at radius 2 is 1.33 bits per heavy atom. The fraction of sp³-hybridized carbons (Fsp3) is 0.333. The van der Waals surface area contributed by atoms with E-state index in [9.17, 15) is 0 Å². The highest BCUT2D eigenvalue weighted by Gasteiger charge is 2.15. The zero-order valence-corrected chi connectivity index (χ0v) is 12.0. The fourth-order valence-corrected chi connectivity index (χ4v) is 2.25. The lowest BCUT2D eigenvalue weighted by atomic mass is 9.84. The largest absolute Gasteiger partial charge is 0.0620 e. The lowest BCUT2D eigenvalue weighted by molar-refractivity contribution is 0.590. The van der Waals surface area contributed by atoms with E-state index in [2.05, 4.69) is 77.1 Å². The van der Waals surface area contributed by atoms with Gasteiger partial charge in [0.2, 0.25) is 0 Å². The van der Waals surface area contributed by atoms with Gasteiger partial charge in [-0.05, 0) is 47.1 Å². The van der Waals surface area contributed by atoms with E-state index in [4.69, 9.17) is 0 Å². The summed E-state index contributed by atoms with van der Waals surface area (Å²) in [4.78, 5) is 0. The van der Waals surface area contributed by atoms with Gasteiger partial charge >= 0.3 is 0 Å². The molecule has 0 heteroatoms. The molecule has 0 radical (unpaired) electrons. The molecule has 0 aliphatic heterocycles. The summed E-state index contributed by atoms with van der Waals surface area (Å²) in [5, 5.41) is 0. The van der Waals surface area contributed by atoms with Crippen LogP contribution in [0.2, 0.25) is 0 Å². The summed E-state index contributed by atoms with van der Waals surface area (Å²) in [7, 11) is 0. The van der Waals surface area contributed by atoms with Crippen molar-refractivity contribution in [2.45, 2.75) is 40.0 Å². The van der Waals surface area contributed by atoms with Crippen LogP contribution < -0.4 is 0 Å². The van der Waals surface area contributed by atoms with Gasteiger partial charge in [0.25, 0.3) is 0 Å². The van der Waals surface area contributed by atoms with Crippen molar-refractivity contribution in [3.63, 3.8) is 0 Å². The predicted octanol–water partition coefficient (Wildman–Crippen LogP) is 5.27. The molecule has 0 bridgehead atoms. The van der Waals surface area contributed by atoms with Crippen LogP contribution in [0.25, 0.3) is 11.1 Å². The molecule has 0 aliphatic rings. The maximum absolute atomic E-state index is 2.34. The van der Waals surface area contributed by atoms with E-state index in [1.165, 1.54) is 27.8 Å². The Morgan fingerprint density at radius 3 is 1.94 bits per heavy atom. The van der Waals surface area contributed by atoms with Gasteiger partial charge < -0.3 is 0 Å². The number of aryl methyl sites for hydroxylation is 2. The quantitative estimate of drug-likeness (QED) is 0.635. The van der Waals surface area contributed by atoms with Crippen molar-refractivity contribution in [3.05, 3.63) is 59.2 Å². The van der Waals surface area contributed by atoms with Crippen LogP contribution in [0.5, 0.6) is 0 Å². The average Bonchev–Trinajstić information content (AvgIpc) is 2.29. The molecular weight excluding hydrogens is 216 g/mol. The van der Waals surface area contributed by atoms with Crippen molar-refractivity contribution in [1.82, 2.24) is 0 Å². The van der Waals surface area contributed by atoms with Crippen molar-refractivity contribution in [2.24, 2.45) is 0 Å². The molecule has 0 aliphatic carbocycles. The van der Waals surface area contributed by atoms with Gasteiger partial charge in [-0.25, -0.2) is 0 Å². The summed E-state index contributed by atoms with van der Waals surface area (Å²) < 4.78 is 0. The van der Waals surface area contributed by atoms with Gasteiger partial charge in [-0.3, -0.25) is 0 Å². The van der Waals surface area contributed by atoms with Crippen LogP contribution in [0.15, 0.2) is 42.5 Å². The molecule has 94 valence electrons. The van der Waals surface area contributed by atoms with E-state index in [0.717, 1.165) is 0 Å². The van der Waals surface area contributed by atoms with Crippen molar-refractivity contribution in [2.75, 3.05) is 0 Å². The minimum atomic E-state index is 0.200. The Bertz CT molecular complexity index is 556. The van der Waals surface area contributed by atoms with E-state index < -0.39 is 0 Å². The molecule has 0 nitrogen and oxygen atoms in total. The third-order valence-electron chi connectivity index (χ3n) is 3.54. The Hall–Kier alpha value is -1.56. The zero-order chi connectivity index (χ0) is 13.3. The molecule has 0 N–H and O–H groups in total. The van der Waals surface area contributed by atoms with Crippen molar-refractivity contribution >= 4 is 0 Å². The minimum Gasteiger partial charge on any atom is -0.0620 e.